The Labute approximate surface area is 131 Å². The molecule has 0 fully saturated rings. The summed E-state index contributed by atoms with van der Waals surface area (Å²) in [5.74, 6) is -0.303. The number of hydrogen-bond acceptors (Lipinski definition) is 5. The molecule has 0 amide bonds. The largest absolute Gasteiger partial charge is 0.457 e. The first-order valence-electron chi connectivity index (χ1n) is 6.22. The third kappa shape index (κ3) is 3.09. The number of aromatic nitrogens is 1. The van der Waals surface area contributed by atoms with E-state index in [2.05, 4.69) is 4.37 Å². The van der Waals surface area contributed by atoms with Gasteiger partial charge >= 0.3 is 6.18 Å². The van der Waals surface area contributed by atoms with Crippen molar-refractivity contribution in [1.82, 2.24) is 4.37 Å². The zero-order valence-electron chi connectivity index (χ0n) is 11.2. The standard InChI is InChI=1S/C14H7F3N2O3S/c15-14(16,17)11-6-9(19(20)21)1-3-12(11)22-10-2-4-13-8(5-10)7-18-23-13/h1-7H. The monoisotopic (exact) mass is 340 g/mol. The molecule has 9 heteroatoms. The van der Waals surface area contributed by atoms with Gasteiger partial charge in [-0.05, 0) is 35.8 Å². The van der Waals surface area contributed by atoms with Crippen LogP contribution >= 0.6 is 11.5 Å². The highest BCUT2D eigenvalue weighted by molar-refractivity contribution is 7.13. The number of halogens is 3. The molecule has 0 radical (unpaired) electrons. The molecule has 23 heavy (non-hydrogen) atoms. The normalized spacial score (nSPS) is 11.6. The van der Waals surface area contributed by atoms with Crippen molar-refractivity contribution in [3.8, 4) is 11.5 Å². The van der Waals surface area contributed by atoms with Gasteiger partial charge in [0.1, 0.15) is 17.1 Å². The van der Waals surface area contributed by atoms with Gasteiger partial charge in [-0.3, -0.25) is 10.1 Å². The maximum absolute atomic E-state index is 13.1. The molecule has 0 saturated heterocycles. The van der Waals surface area contributed by atoms with Gasteiger partial charge in [-0.1, -0.05) is 0 Å². The lowest BCUT2D eigenvalue weighted by Gasteiger charge is -2.13. The summed E-state index contributed by atoms with van der Waals surface area (Å²) in [7, 11) is 0. The van der Waals surface area contributed by atoms with Gasteiger partial charge in [-0.15, -0.1) is 0 Å². The molecule has 3 rings (SSSR count). The van der Waals surface area contributed by atoms with Crippen LogP contribution in [-0.2, 0) is 6.18 Å². The molecule has 3 aromatic rings. The zero-order chi connectivity index (χ0) is 16.6. The number of ether oxygens (including phenoxy) is 1. The highest BCUT2D eigenvalue weighted by Crippen LogP contribution is 2.40. The van der Waals surface area contributed by atoms with E-state index in [1.807, 2.05) is 0 Å². The highest BCUT2D eigenvalue weighted by atomic mass is 32.1. The Bertz CT molecular complexity index is 892. The summed E-state index contributed by atoms with van der Waals surface area (Å²) >= 11 is 1.25. The van der Waals surface area contributed by atoms with Crippen LogP contribution in [0.15, 0.2) is 42.6 Å². The molecule has 118 valence electrons. The molecule has 0 atom stereocenters. The van der Waals surface area contributed by atoms with E-state index in [1.165, 1.54) is 17.6 Å². The SMILES string of the molecule is O=[N+]([O-])c1ccc(Oc2ccc3sncc3c2)c(C(F)(F)F)c1. The van der Waals surface area contributed by atoms with E-state index in [0.717, 1.165) is 22.2 Å². The van der Waals surface area contributed by atoms with Crippen LogP contribution in [-0.4, -0.2) is 9.30 Å². The van der Waals surface area contributed by atoms with Crippen LogP contribution in [0.5, 0.6) is 11.5 Å². The molecule has 0 aliphatic rings. The van der Waals surface area contributed by atoms with E-state index in [-0.39, 0.29) is 5.75 Å². The van der Waals surface area contributed by atoms with Crippen molar-refractivity contribution in [2.24, 2.45) is 0 Å². The lowest BCUT2D eigenvalue weighted by atomic mass is 10.1. The minimum atomic E-state index is -4.77. The maximum Gasteiger partial charge on any atom is 0.420 e. The number of nitro benzene ring substituents is 1. The molecule has 0 saturated carbocycles. The van der Waals surface area contributed by atoms with Gasteiger partial charge in [-0.2, -0.15) is 17.5 Å². The van der Waals surface area contributed by atoms with Crippen LogP contribution in [0.25, 0.3) is 10.1 Å². The van der Waals surface area contributed by atoms with E-state index in [9.17, 15) is 23.3 Å². The fourth-order valence-electron chi connectivity index (χ4n) is 1.98. The van der Waals surface area contributed by atoms with Crippen LogP contribution in [0.2, 0.25) is 0 Å². The van der Waals surface area contributed by atoms with Crippen LogP contribution in [0.1, 0.15) is 5.56 Å². The van der Waals surface area contributed by atoms with E-state index < -0.39 is 28.1 Å². The second-order valence-electron chi connectivity index (χ2n) is 4.56. The average Bonchev–Trinajstić information content (AvgIpc) is 2.93. The lowest BCUT2D eigenvalue weighted by molar-refractivity contribution is -0.385. The van der Waals surface area contributed by atoms with Crippen molar-refractivity contribution in [3.63, 3.8) is 0 Å². The number of nitro groups is 1. The van der Waals surface area contributed by atoms with Crippen LogP contribution in [0.3, 0.4) is 0 Å². The summed E-state index contributed by atoms with van der Waals surface area (Å²) in [6, 6.07) is 7.12. The third-order valence-corrected chi connectivity index (χ3v) is 3.81. The Morgan fingerprint density at radius 1 is 1.17 bits per heavy atom. The summed E-state index contributed by atoms with van der Waals surface area (Å²) in [6.07, 6.45) is -3.19. The quantitative estimate of drug-likeness (QED) is 0.496. The van der Waals surface area contributed by atoms with Crippen LogP contribution < -0.4 is 4.74 Å². The molecular formula is C14H7F3N2O3S. The Morgan fingerprint density at radius 2 is 1.96 bits per heavy atom. The van der Waals surface area contributed by atoms with E-state index >= 15 is 0 Å². The summed E-state index contributed by atoms with van der Waals surface area (Å²) < 4.78 is 49.4. The molecule has 0 N–H and O–H groups in total. The molecule has 0 aliphatic carbocycles. The first-order chi connectivity index (χ1) is 10.8. The fourth-order valence-corrected chi connectivity index (χ4v) is 2.61. The number of hydrogen-bond donors (Lipinski definition) is 0. The summed E-state index contributed by atoms with van der Waals surface area (Å²) in [6.45, 7) is 0. The third-order valence-electron chi connectivity index (χ3n) is 3.03. The van der Waals surface area contributed by atoms with E-state index in [1.54, 1.807) is 18.3 Å². The average molecular weight is 340 g/mol. The number of nitrogens with zero attached hydrogens (tertiary/aromatic N) is 2. The maximum atomic E-state index is 13.1. The summed E-state index contributed by atoms with van der Waals surface area (Å²) in [4.78, 5) is 9.77. The predicted octanol–water partition coefficient (Wildman–Crippen LogP) is 5.02. The van der Waals surface area contributed by atoms with Gasteiger partial charge < -0.3 is 4.74 Å². The minimum Gasteiger partial charge on any atom is -0.457 e. The Morgan fingerprint density at radius 3 is 2.65 bits per heavy atom. The van der Waals surface area contributed by atoms with Crippen molar-refractivity contribution in [2.75, 3.05) is 0 Å². The molecular weight excluding hydrogens is 333 g/mol. The van der Waals surface area contributed by atoms with Crippen molar-refractivity contribution in [2.45, 2.75) is 6.18 Å². The molecule has 2 aromatic carbocycles. The second kappa shape index (κ2) is 5.51. The van der Waals surface area contributed by atoms with Gasteiger partial charge in [0.25, 0.3) is 5.69 Å². The molecule has 0 unspecified atom stereocenters. The number of rotatable bonds is 3. The summed E-state index contributed by atoms with van der Waals surface area (Å²) in [5, 5.41) is 11.4. The van der Waals surface area contributed by atoms with Crippen molar-refractivity contribution >= 4 is 27.3 Å². The molecule has 5 nitrogen and oxygen atoms in total. The minimum absolute atomic E-state index is 0.192. The van der Waals surface area contributed by atoms with Gasteiger partial charge in [0.15, 0.2) is 0 Å². The van der Waals surface area contributed by atoms with Gasteiger partial charge in [0.05, 0.1) is 9.62 Å². The van der Waals surface area contributed by atoms with Crippen LogP contribution in [0.4, 0.5) is 18.9 Å². The summed E-state index contributed by atoms with van der Waals surface area (Å²) in [5.41, 5.74) is -1.85. The number of non-ortho nitro benzene ring substituents is 1. The Balaban J connectivity index is 2.02. The fraction of sp³-hybridized carbons (Fsp3) is 0.0714. The van der Waals surface area contributed by atoms with E-state index in [4.69, 9.17) is 4.74 Å². The topological polar surface area (TPSA) is 65.3 Å². The lowest BCUT2D eigenvalue weighted by Crippen LogP contribution is -2.08. The van der Waals surface area contributed by atoms with Gasteiger partial charge in [0.2, 0.25) is 0 Å². The van der Waals surface area contributed by atoms with Crippen molar-refractivity contribution < 1.29 is 22.8 Å². The number of benzene rings is 2. The first kappa shape index (κ1) is 15.2. The number of alkyl halides is 3. The molecule has 0 aliphatic heterocycles. The van der Waals surface area contributed by atoms with Crippen LogP contribution in [0, 0.1) is 10.1 Å². The predicted molar refractivity (Wildman–Crippen MR) is 77.8 cm³/mol. The smallest absolute Gasteiger partial charge is 0.420 e. The molecule has 0 spiro atoms. The van der Waals surface area contributed by atoms with Gasteiger partial charge in [-0.25, -0.2) is 0 Å². The molecule has 1 heterocycles. The van der Waals surface area contributed by atoms with Crippen molar-refractivity contribution in [1.29, 1.82) is 0 Å². The van der Waals surface area contributed by atoms with E-state index in [0.29, 0.717) is 6.07 Å². The first-order valence-corrected chi connectivity index (χ1v) is 7.00. The van der Waals surface area contributed by atoms with Gasteiger partial charge in [0, 0.05) is 23.7 Å². The number of fused-ring (bicyclic) bond motifs is 1. The molecule has 0 bridgehead atoms. The van der Waals surface area contributed by atoms with Crippen molar-refractivity contribution in [3.05, 3.63) is 58.3 Å². The molecule has 1 aromatic heterocycles. The highest BCUT2D eigenvalue weighted by Gasteiger charge is 2.36. The Kier molecular flexibility index (Phi) is 3.64. The Hall–Kier alpha value is -2.68. The second-order valence-corrected chi connectivity index (χ2v) is 5.40. The zero-order valence-corrected chi connectivity index (χ0v) is 12.0.